The maximum atomic E-state index is 5.44. The summed E-state index contributed by atoms with van der Waals surface area (Å²) in [7, 11) is 0. The predicted molar refractivity (Wildman–Crippen MR) is 275 cm³/mol. The molecule has 0 radical (unpaired) electrons. The monoisotopic (exact) mass is 855 g/mol. The van der Waals surface area contributed by atoms with Crippen LogP contribution in [0.15, 0.2) is 249 Å². The van der Waals surface area contributed by atoms with Crippen molar-refractivity contribution in [2.75, 3.05) is 0 Å². The molecule has 12 aromatic rings. The second kappa shape index (κ2) is 17.1. The fourth-order valence-electron chi connectivity index (χ4n) is 9.12. The summed E-state index contributed by atoms with van der Waals surface area (Å²) in [5.74, 6) is 1.20. The number of rotatable bonds is 9. The minimum Gasteiger partial charge on any atom is -0.308 e. The quantitative estimate of drug-likeness (QED) is 0.145. The Morgan fingerprint density at radius 2 is 0.567 bits per heavy atom. The molecule has 3 aromatic heterocycles. The number of fused-ring (bicyclic) bond motifs is 3. The van der Waals surface area contributed by atoms with E-state index in [0.29, 0.717) is 11.6 Å². The Balaban J connectivity index is 1.15. The van der Waals surface area contributed by atoms with E-state index in [2.05, 4.69) is 205 Å². The van der Waals surface area contributed by atoms with E-state index >= 15 is 0 Å². The number of hydrogen-bond donors (Lipinski definition) is 0. The lowest BCUT2D eigenvalue weighted by Crippen LogP contribution is -2.03. The molecule has 67 heavy (non-hydrogen) atoms. The van der Waals surface area contributed by atoms with Crippen LogP contribution in [0.3, 0.4) is 0 Å². The molecule has 5 nitrogen and oxygen atoms in total. The van der Waals surface area contributed by atoms with Crippen LogP contribution in [-0.2, 0) is 0 Å². The van der Waals surface area contributed by atoms with Crippen LogP contribution in [-0.4, -0.2) is 24.5 Å². The Bertz CT molecular complexity index is 3490. The van der Waals surface area contributed by atoms with Gasteiger partial charge in [0.15, 0.2) is 11.6 Å². The first-order chi connectivity index (χ1) is 33.2. The highest BCUT2D eigenvalue weighted by Gasteiger charge is 2.22. The van der Waals surface area contributed by atoms with Crippen molar-refractivity contribution < 1.29 is 0 Å². The maximum Gasteiger partial charge on any atom is 0.162 e. The van der Waals surface area contributed by atoms with Crippen molar-refractivity contribution in [3.8, 4) is 95.7 Å². The number of aromatic nitrogens is 5. The number of benzene rings is 9. The van der Waals surface area contributed by atoms with Crippen LogP contribution in [0.5, 0.6) is 0 Å². The van der Waals surface area contributed by atoms with E-state index in [0.717, 1.165) is 94.8 Å². The van der Waals surface area contributed by atoms with E-state index in [1.807, 2.05) is 48.5 Å². The van der Waals surface area contributed by atoms with Crippen LogP contribution in [0.2, 0.25) is 0 Å². The van der Waals surface area contributed by atoms with Gasteiger partial charge in [-0.05, 0) is 76.9 Å². The maximum absolute atomic E-state index is 5.44. The van der Waals surface area contributed by atoms with Crippen molar-refractivity contribution in [3.05, 3.63) is 249 Å². The molecular weight excluding hydrogens is 815 g/mol. The average Bonchev–Trinajstić information content (AvgIpc) is 3.74. The summed E-state index contributed by atoms with van der Waals surface area (Å²) in [5.41, 5.74) is 16.8. The second-order valence-corrected chi connectivity index (χ2v) is 16.7. The van der Waals surface area contributed by atoms with Crippen molar-refractivity contribution in [2.45, 2.75) is 0 Å². The highest BCUT2D eigenvalue weighted by atomic mass is 15.0. The molecule has 3 heterocycles. The van der Waals surface area contributed by atoms with Crippen molar-refractivity contribution in [1.29, 1.82) is 0 Å². The van der Waals surface area contributed by atoms with Gasteiger partial charge in [0.05, 0.1) is 39.5 Å². The summed E-state index contributed by atoms with van der Waals surface area (Å²) in [5, 5.41) is 2.30. The smallest absolute Gasteiger partial charge is 0.162 e. The molecule has 0 atom stereocenters. The second-order valence-electron chi connectivity index (χ2n) is 16.7. The molecule has 5 heteroatoms. The van der Waals surface area contributed by atoms with Crippen molar-refractivity contribution >= 4 is 21.8 Å². The molecule has 0 bridgehead atoms. The molecular formula is C62H41N5. The third-order valence-electron chi connectivity index (χ3n) is 12.4. The standard InChI is InChI=1S/C62H41N5/c1-7-19-42(20-8-1)48-31-34-58-51(37-48)52-38-49(43-21-9-2-10-22-43)32-35-59(52)67(58)60-36-33-50(61-63-54(44-23-11-3-12-24-44)40-55(64-61)45-25-13-4-14-26-45)39-53(60)62-65-56(46-27-15-5-16-28-46)41-57(66-62)47-29-17-6-18-30-47/h1-41H. The summed E-state index contributed by atoms with van der Waals surface area (Å²) >= 11 is 0. The molecule has 9 aromatic carbocycles. The summed E-state index contributed by atoms with van der Waals surface area (Å²) in [6.45, 7) is 0. The van der Waals surface area contributed by atoms with E-state index in [1.54, 1.807) is 0 Å². The SMILES string of the molecule is c1ccc(-c2ccc3c(c2)c2cc(-c4ccccc4)ccc2n3-c2ccc(-c3nc(-c4ccccc4)cc(-c4ccccc4)n3)cc2-c2nc(-c3ccccc3)cc(-c3ccccc3)n2)cc1. The molecule has 0 aliphatic rings. The van der Waals surface area contributed by atoms with Crippen LogP contribution < -0.4 is 0 Å². The highest BCUT2D eigenvalue weighted by molar-refractivity contribution is 6.12. The summed E-state index contributed by atoms with van der Waals surface area (Å²) in [4.78, 5) is 21.4. The lowest BCUT2D eigenvalue weighted by molar-refractivity contribution is 1.13. The van der Waals surface area contributed by atoms with Gasteiger partial charge in [-0.25, -0.2) is 19.9 Å². The fourth-order valence-corrected chi connectivity index (χ4v) is 9.12. The van der Waals surface area contributed by atoms with Gasteiger partial charge in [-0.15, -0.1) is 0 Å². The van der Waals surface area contributed by atoms with Gasteiger partial charge in [-0.1, -0.05) is 194 Å². The zero-order valence-corrected chi connectivity index (χ0v) is 36.4. The minimum absolute atomic E-state index is 0.594. The van der Waals surface area contributed by atoms with Gasteiger partial charge in [0, 0.05) is 44.2 Å². The van der Waals surface area contributed by atoms with Gasteiger partial charge in [0.25, 0.3) is 0 Å². The van der Waals surface area contributed by atoms with E-state index in [-0.39, 0.29) is 0 Å². The van der Waals surface area contributed by atoms with Gasteiger partial charge >= 0.3 is 0 Å². The highest BCUT2D eigenvalue weighted by Crippen LogP contribution is 2.41. The largest absolute Gasteiger partial charge is 0.308 e. The zero-order valence-electron chi connectivity index (χ0n) is 36.4. The van der Waals surface area contributed by atoms with Gasteiger partial charge in [0.2, 0.25) is 0 Å². The van der Waals surface area contributed by atoms with Crippen molar-refractivity contribution in [2.24, 2.45) is 0 Å². The molecule has 0 aliphatic carbocycles. The van der Waals surface area contributed by atoms with Crippen molar-refractivity contribution in [3.63, 3.8) is 0 Å². The van der Waals surface area contributed by atoms with Gasteiger partial charge < -0.3 is 4.57 Å². The van der Waals surface area contributed by atoms with Gasteiger partial charge in [-0.2, -0.15) is 0 Å². The predicted octanol–water partition coefficient (Wildman–Crippen LogP) is 15.7. The first-order valence-electron chi connectivity index (χ1n) is 22.5. The van der Waals surface area contributed by atoms with Crippen LogP contribution in [0, 0.1) is 0 Å². The molecule has 314 valence electrons. The fraction of sp³-hybridized carbons (Fsp3) is 0. The molecule has 0 aliphatic heterocycles. The molecule has 0 fully saturated rings. The minimum atomic E-state index is 0.594. The lowest BCUT2D eigenvalue weighted by Gasteiger charge is -2.17. The zero-order chi connectivity index (χ0) is 44.5. The van der Waals surface area contributed by atoms with Crippen LogP contribution >= 0.6 is 0 Å². The van der Waals surface area contributed by atoms with E-state index in [1.165, 1.54) is 11.1 Å². The Kier molecular flexibility index (Phi) is 10.1. The lowest BCUT2D eigenvalue weighted by atomic mass is 10.0. The molecule has 0 unspecified atom stereocenters. The molecule has 12 rings (SSSR count). The van der Waals surface area contributed by atoms with E-state index < -0.39 is 0 Å². The van der Waals surface area contributed by atoms with Crippen molar-refractivity contribution in [1.82, 2.24) is 24.5 Å². The molecule has 0 saturated heterocycles. The Morgan fingerprint density at radius 1 is 0.239 bits per heavy atom. The Labute approximate surface area is 389 Å². The molecule has 0 N–H and O–H groups in total. The Morgan fingerprint density at radius 3 is 0.940 bits per heavy atom. The number of hydrogen-bond acceptors (Lipinski definition) is 4. The molecule has 0 saturated carbocycles. The third-order valence-corrected chi connectivity index (χ3v) is 12.4. The summed E-state index contributed by atoms with van der Waals surface area (Å²) < 4.78 is 2.38. The van der Waals surface area contributed by atoms with E-state index in [4.69, 9.17) is 19.9 Å². The van der Waals surface area contributed by atoms with Gasteiger partial charge in [0.1, 0.15) is 0 Å². The average molecular weight is 856 g/mol. The van der Waals surface area contributed by atoms with Crippen LogP contribution in [0.25, 0.3) is 118 Å². The van der Waals surface area contributed by atoms with Crippen LogP contribution in [0.1, 0.15) is 0 Å². The van der Waals surface area contributed by atoms with E-state index in [9.17, 15) is 0 Å². The molecule has 0 amide bonds. The summed E-state index contributed by atoms with van der Waals surface area (Å²) in [6, 6.07) is 86.9. The third kappa shape index (κ3) is 7.64. The number of nitrogens with zero attached hydrogens (tertiary/aromatic N) is 5. The first kappa shape index (κ1) is 39.5. The molecule has 0 spiro atoms. The normalized spacial score (nSPS) is 11.3. The van der Waals surface area contributed by atoms with Gasteiger partial charge in [-0.3, -0.25) is 0 Å². The first-order valence-corrected chi connectivity index (χ1v) is 22.5. The topological polar surface area (TPSA) is 56.5 Å². The Hall–Kier alpha value is -9.06. The van der Waals surface area contributed by atoms with Crippen LogP contribution in [0.4, 0.5) is 0 Å². The summed E-state index contributed by atoms with van der Waals surface area (Å²) in [6.07, 6.45) is 0.